The van der Waals surface area contributed by atoms with E-state index in [1.54, 1.807) is 36.4 Å². The summed E-state index contributed by atoms with van der Waals surface area (Å²) in [4.78, 5) is 23.7. The third kappa shape index (κ3) is 5.40. The van der Waals surface area contributed by atoms with Crippen LogP contribution in [-0.2, 0) is 14.8 Å². The molecule has 27 heavy (non-hydrogen) atoms. The van der Waals surface area contributed by atoms with E-state index in [9.17, 15) is 18.0 Å². The van der Waals surface area contributed by atoms with Crippen molar-refractivity contribution in [2.24, 2.45) is 0 Å². The molecule has 0 saturated heterocycles. The predicted octanol–water partition coefficient (Wildman–Crippen LogP) is 3.30. The summed E-state index contributed by atoms with van der Waals surface area (Å²) in [7, 11) is -3.54. The molecule has 0 radical (unpaired) electrons. The molecule has 2 rings (SSSR count). The van der Waals surface area contributed by atoms with Crippen LogP contribution in [0.3, 0.4) is 0 Å². The molecule has 0 aliphatic rings. The van der Waals surface area contributed by atoms with Gasteiger partial charge < -0.3 is 5.32 Å². The van der Waals surface area contributed by atoms with Crippen LogP contribution < -0.4 is 9.62 Å². The Morgan fingerprint density at radius 1 is 1.07 bits per heavy atom. The maximum Gasteiger partial charge on any atom is 0.232 e. The van der Waals surface area contributed by atoms with E-state index in [0.29, 0.717) is 16.9 Å². The molecule has 0 atom stereocenters. The van der Waals surface area contributed by atoms with Crippen molar-refractivity contribution in [3.05, 3.63) is 59.2 Å². The first-order chi connectivity index (χ1) is 12.6. The van der Waals surface area contributed by atoms with Gasteiger partial charge in [-0.1, -0.05) is 24.3 Å². The number of amides is 1. The summed E-state index contributed by atoms with van der Waals surface area (Å²) in [6.45, 7) is 5.25. The second-order valence-corrected chi connectivity index (χ2v) is 8.40. The van der Waals surface area contributed by atoms with Crippen LogP contribution >= 0.6 is 0 Å². The largest absolute Gasteiger partial charge is 0.326 e. The van der Waals surface area contributed by atoms with Gasteiger partial charge in [0.25, 0.3) is 0 Å². The molecule has 0 fully saturated rings. The Morgan fingerprint density at radius 2 is 1.74 bits per heavy atom. The van der Waals surface area contributed by atoms with Gasteiger partial charge in [-0.2, -0.15) is 0 Å². The summed E-state index contributed by atoms with van der Waals surface area (Å²) in [5.74, 6) is -0.418. The SMILES string of the molecule is CC(=O)c1cccc(NC(=O)CCN(c2cccc(C)c2C)S(C)(=O)=O)c1. The van der Waals surface area contributed by atoms with Crippen LogP contribution in [0.5, 0.6) is 0 Å². The lowest BCUT2D eigenvalue weighted by Crippen LogP contribution is -2.33. The topological polar surface area (TPSA) is 83.6 Å². The molecule has 2 aromatic carbocycles. The van der Waals surface area contributed by atoms with Crippen LogP contribution in [0.2, 0.25) is 0 Å². The van der Waals surface area contributed by atoms with Gasteiger partial charge in [0, 0.05) is 24.2 Å². The Hall–Kier alpha value is -2.67. The third-order valence-corrected chi connectivity index (χ3v) is 5.52. The Balaban J connectivity index is 2.14. The molecule has 2 aromatic rings. The van der Waals surface area contributed by atoms with Gasteiger partial charge in [0.2, 0.25) is 15.9 Å². The van der Waals surface area contributed by atoms with Crippen molar-refractivity contribution in [2.75, 3.05) is 22.4 Å². The van der Waals surface area contributed by atoms with E-state index in [0.717, 1.165) is 17.4 Å². The van der Waals surface area contributed by atoms with Gasteiger partial charge >= 0.3 is 0 Å². The van der Waals surface area contributed by atoms with Crippen molar-refractivity contribution >= 4 is 33.1 Å². The lowest BCUT2D eigenvalue weighted by molar-refractivity contribution is -0.116. The fourth-order valence-corrected chi connectivity index (χ4v) is 3.69. The van der Waals surface area contributed by atoms with E-state index in [4.69, 9.17) is 0 Å². The van der Waals surface area contributed by atoms with Crippen LogP contribution in [-0.4, -0.2) is 32.9 Å². The molecule has 0 aromatic heterocycles. The number of carbonyl (C=O) groups is 2. The summed E-state index contributed by atoms with van der Waals surface area (Å²) in [6.07, 6.45) is 1.12. The lowest BCUT2D eigenvalue weighted by atomic mass is 10.1. The van der Waals surface area contributed by atoms with Crippen molar-refractivity contribution in [3.63, 3.8) is 0 Å². The minimum atomic E-state index is -3.54. The molecule has 0 saturated carbocycles. The average Bonchev–Trinajstić information content (AvgIpc) is 2.57. The minimum absolute atomic E-state index is 0.00918. The summed E-state index contributed by atoms with van der Waals surface area (Å²) in [6, 6.07) is 12.1. The number of rotatable bonds is 7. The Kier molecular flexibility index (Phi) is 6.38. The molecular weight excluding hydrogens is 364 g/mol. The average molecular weight is 388 g/mol. The van der Waals surface area contributed by atoms with Gasteiger partial charge in [-0.15, -0.1) is 0 Å². The maximum atomic E-state index is 12.3. The zero-order chi connectivity index (χ0) is 20.2. The lowest BCUT2D eigenvalue weighted by Gasteiger charge is -2.24. The van der Waals surface area contributed by atoms with Crippen molar-refractivity contribution in [1.29, 1.82) is 0 Å². The van der Waals surface area contributed by atoms with Crippen molar-refractivity contribution in [2.45, 2.75) is 27.2 Å². The zero-order valence-electron chi connectivity index (χ0n) is 15.9. The predicted molar refractivity (Wildman–Crippen MR) is 108 cm³/mol. The molecule has 0 bridgehead atoms. The number of carbonyl (C=O) groups excluding carboxylic acids is 2. The highest BCUT2D eigenvalue weighted by Gasteiger charge is 2.20. The number of aryl methyl sites for hydroxylation is 1. The van der Waals surface area contributed by atoms with Crippen molar-refractivity contribution in [3.8, 4) is 0 Å². The molecule has 0 unspecified atom stereocenters. The van der Waals surface area contributed by atoms with Crippen LogP contribution in [0.25, 0.3) is 0 Å². The Morgan fingerprint density at radius 3 is 2.37 bits per heavy atom. The first-order valence-corrected chi connectivity index (χ1v) is 10.4. The van der Waals surface area contributed by atoms with Gasteiger partial charge in [-0.05, 0) is 50.1 Å². The van der Waals surface area contributed by atoms with E-state index in [1.165, 1.54) is 11.2 Å². The van der Waals surface area contributed by atoms with Crippen LogP contribution in [0.15, 0.2) is 42.5 Å². The summed E-state index contributed by atoms with van der Waals surface area (Å²) in [5, 5.41) is 2.71. The van der Waals surface area contributed by atoms with Gasteiger partial charge in [0.15, 0.2) is 5.78 Å². The van der Waals surface area contributed by atoms with E-state index >= 15 is 0 Å². The summed E-state index contributed by atoms with van der Waals surface area (Å²) in [5.41, 5.74) is 3.42. The number of Topliss-reactive ketones (excluding diaryl/α,β-unsaturated/α-hetero) is 1. The molecule has 0 aliphatic carbocycles. The summed E-state index contributed by atoms with van der Waals surface area (Å²) >= 11 is 0. The number of nitrogens with one attached hydrogen (secondary N) is 1. The number of hydrogen-bond donors (Lipinski definition) is 1. The van der Waals surface area contributed by atoms with Gasteiger partial charge in [0.1, 0.15) is 0 Å². The molecule has 0 spiro atoms. The zero-order valence-corrected chi connectivity index (χ0v) is 16.8. The molecule has 1 N–H and O–H groups in total. The highest BCUT2D eigenvalue weighted by atomic mass is 32.2. The minimum Gasteiger partial charge on any atom is -0.326 e. The maximum absolute atomic E-state index is 12.3. The van der Waals surface area contributed by atoms with Crippen LogP contribution in [0.4, 0.5) is 11.4 Å². The van der Waals surface area contributed by atoms with Gasteiger partial charge in [-0.25, -0.2) is 8.42 Å². The van der Waals surface area contributed by atoms with Crippen molar-refractivity contribution < 1.29 is 18.0 Å². The second kappa shape index (κ2) is 8.35. The number of anilines is 2. The summed E-state index contributed by atoms with van der Waals surface area (Å²) < 4.78 is 25.7. The molecule has 6 nitrogen and oxygen atoms in total. The molecule has 0 aliphatic heterocycles. The first kappa shape index (κ1) is 20.6. The number of hydrogen-bond acceptors (Lipinski definition) is 4. The highest BCUT2D eigenvalue weighted by molar-refractivity contribution is 7.92. The van der Waals surface area contributed by atoms with Crippen LogP contribution in [0.1, 0.15) is 34.8 Å². The molecule has 1 amide bonds. The smallest absolute Gasteiger partial charge is 0.232 e. The number of ketones is 1. The quantitative estimate of drug-likeness (QED) is 0.738. The third-order valence-electron chi connectivity index (χ3n) is 4.34. The van der Waals surface area contributed by atoms with E-state index in [-0.39, 0.29) is 24.7 Å². The van der Waals surface area contributed by atoms with Gasteiger partial charge in [-0.3, -0.25) is 13.9 Å². The van der Waals surface area contributed by atoms with Gasteiger partial charge in [0.05, 0.1) is 11.9 Å². The van der Waals surface area contributed by atoms with E-state index < -0.39 is 10.0 Å². The highest BCUT2D eigenvalue weighted by Crippen LogP contribution is 2.25. The standard InChI is InChI=1S/C20H24N2O4S/c1-14-7-5-10-19(15(14)2)22(27(4,25)26)12-11-20(24)21-18-9-6-8-17(13-18)16(3)23/h5-10,13H,11-12H2,1-4H3,(H,21,24). The fraction of sp³-hybridized carbons (Fsp3) is 0.300. The van der Waals surface area contributed by atoms with E-state index in [1.807, 2.05) is 19.9 Å². The fourth-order valence-electron chi connectivity index (χ4n) is 2.71. The monoisotopic (exact) mass is 388 g/mol. The molecule has 0 heterocycles. The number of nitrogens with zero attached hydrogens (tertiary/aromatic N) is 1. The first-order valence-electron chi connectivity index (χ1n) is 8.54. The van der Waals surface area contributed by atoms with Crippen molar-refractivity contribution in [1.82, 2.24) is 0 Å². The number of sulfonamides is 1. The second-order valence-electron chi connectivity index (χ2n) is 6.49. The van der Waals surface area contributed by atoms with E-state index in [2.05, 4.69) is 5.32 Å². The molecule has 144 valence electrons. The Labute approximate surface area is 160 Å². The Bertz CT molecular complexity index is 968. The molecule has 7 heteroatoms. The van der Waals surface area contributed by atoms with Crippen LogP contribution in [0, 0.1) is 13.8 Å². The molecular formula is C20H24N2O4S. The number of benzene rings is 2. The normalized spacial score (nSPS) is 11.1.